The number of nitrogens with zero attached hydrogens (tertiary/aromatic N) is 2. The molecule has 0 radical (unpaired) electrons. The number of carbonyl (C=O) groups excluding carboxylic acids is 1. The SMILES string of the molecule is O=C(CCCc1ccccc1)Nc1c2c(nn1-c1ccccc1)CS(=O)(=O)C2. The van der Waals surface area contributed by atoms with Crippen LogP contribution in [0.4, 0.5) is 5.82 Å². The number of aromatic nitrogens is 2. The molecule has 2 aromatic carbocycles. The minimum absolute atomic E-state index is 0.0843. The standard InChI is InChI=1S/C21H21N3O3S/c25-20(13-7-10-16-8-3-1-4-9-16)22-21-18-14-28(26,27)15-19(18)23-24(21)17-11-5-2-6-12-17/h1-6,8-9,11-12H,7,10,13-15H2,(H,22,25). The van der Waals surface area contributed by atoms with Gasteiger partial charge in [-0.1, -0.05) is 48.5 Å². The number of fused-ring (bicyclic) bond motifs is 1. The Kier molecular flexibility index (Phi) is 5.00. The minimum Gasteiger partial charge on any atom is -0.310 e. The summed E-state index contributed by atoms with van der Waals surface area (Å²) in [6, 6.07) is 19.4. The lowest BCUT2D eigenvalue weighted by atomic mass is 10.1. The van der Waals surface area contributed by atoms with Gasteiger partial charge in [-0.05, 0) is 30.5 Å². The molecule has 0 fully saturated rings. The van der Waals surface area contributed by atoms with Gasteiger partial charge in [-0.25, -0.2) is 13.1 Å². The third kappa shape index (κ3) is 3.99. The maximum absolute atomic E-state index is 12.5. The monoisotopic (exact) mass is 395 g/mol. The maximum Gasteiger partial charge on any atom is 0.225 e. The number of rotatable bonds is 6. The lowest BCUT2D eigenvalue weighted by Crippen LogP contribution is -2.16. The van der Waals surface area contributed by atoms with Crippen LogP contribution in [0.25, 0.3) is 5.69 Å². The van der Waals surface area contributed by atoms with Gasteiger partial charge in [0.15, 0.2) is 9.84 Å². The van der Waals surface area contributed by atoms with Crippen LogP contribution in [0.1, 0.15) is 29.7 Å². The smallest absolute Gasteiger partial charge is 0.225 e. The van der Waals surface area contributed by atoms with Gasteiger partial charge in [0.2, 0.25) is 5.91 Å². The second-order valence-electron chi connectivity index (χ2n) is 6.94. The number of nitrogens with one attached hydrogen (secondary N) is 1. The molecule has 3 aromatic rings. The Hall–Kier alpha value is -2.93. The quantitative estimate of drug-likeness (QED) is 0.695. The molecular formula is C21H21N3O3S. The van der Waals surface area contributed by atoms with Crippen molar-refractivity contribution in [2.45, 2.75) is 30.8 Å². The van der Waals surface area contributed by atoms with Gasteiger partial charge >= 0.3 is 0 Å². The normalized spacial score (nSPS) is 14.6. The molecule has 1 N–H and O–H groups in total. The molecule has 0 unspecified atom stereocenters. The van der Waals surface area contributed by atoms with Gasteiger partial charge in [-0.15, -0.1) is 0 Å². The van der Waals surface area contributed by atoms with E-state index in [1.165, 1.54) is 5.56 Å². The highest BCUT2D eigenvalue weighted by Crippen LogP contribution is 2.33. The van der Waals surface area contributed by atoms with E-state index in [-0.39, 0.29) is 17.4 Å². The Bertz CT molecular complexity index is 1090. The number of carbonyl (C=O) groups is 1. The van der Waals surface area contributed by atoms with Gasteiger partial charge in [0.05, 0.1) is 22.9 Å². The molecule has 6 nitrogen and oxygen atoms in total. The summed E-state index contributed by atoms with van der Waals surface area (Å²) in [6.07, 6.45) is 1.89. The Morgan fingerprint density at radius 2 is 1.68 bits per heavy atom. The Labute approximate surface area is 164 Å². The van der Waals surface area contributed by atoms with Gasteiger partial charge in [0, 0.05) is 12.0 Å². The van der Waals surface area contributed by atoms with E-state index in [9.17, 15) is 13.2 Å². The first-order valence-electron chi connectivity index (χ1n) is 9.22. The molecule has 0 bridgehead atoms. The maximum atomic E-state index is 12.5. The van der Waals surface area contributed by atoms with Crippen molar-refractivity contribution in [3.63, 3.8) is 0 Å². The van der Waals surface area contributed by atoms with Gasteiger partial charge < -0.3 is 5.32 Å². The zero-order valence-corrected chi connectivity index (χ0v) is 16.2. The molecule has 0 aliphatic carbocycles. The van der Waals surface area contributed by atoms with Crippen molar-refractivity contribution >= 4 is 21.6 Å². The van der Waals surface area contributed by atoms with Crippen LogP contribution in [0.5, 0.6) is 0 Å². The summed E-state index contributed by atoms with van der Waals surface area (Å²) >= 11 is 0. The fraction of sp³-hybridized carbons (Fsp3) is 0.238. The molecule has 1 amide bonds. The number of hydrogen-bond donors (Lipinski definition) is 1. The molecule has 2 heterocycles. The number of amides is 1. The highest BCUT2D eigenvalue weighted by molar-refractivity contribution is 7.90. The first kappa shape index (κ1) is 18.4. The Morgan fingerprint density at radius 3 is 2.39 bits per heavy atom. The molecule has 144 valence electrons. The number of anilines is 1. The average molecular weight is 395 g/mol. The summed E-state index contributed by atoms with van der Waals surface area (Å²) in [6.45, 7) is 0. The van der Waals surface area contributed by atoms with E-state index < -0.39 is 9.84 Å². The highest BCUT2D eigenvalue weighted by atomic mass is 32.2. The van der Waals surface area contributed by atoms with E-state index in [2.05, 4.69) is 10.4 Å². The third-order valence-electron chi connectivity index (χ3n) is 4.76. The van der Waals surface area contributed by atoms with E-state index in [0.29, 0.717) is 23.5 Å². The molecule has 1 aromatic heterocycles. The largest absolute Gasteiger partial charge is 0.310 e. The lowest BCUT2D eigenvalue weighted by Gasteiger charge is -2.11. The van der Waals surface area contributed by atoms with E-state index >= 15 is 0 Å². The fourth-order valence-electron chi connectivity index (χ4n) is 3.42. The molecule has 7 heteroatoms. The molecule has 0 spiro atoms. The first-order valence-corrected chi connectivity index (χ1v) is 11.0. The van der Waals surface area contributed by atoms with Crippen molar-refractivity contribution in [2.75, 3.05) is 5.32 Å². The lowest BCUT2D eigenvalue weighted by molar-refractivity contribution is -0.116. The number of benzene rings is 2. The number of hydrogen-bond acceptors (Lipinski definition) is 4. The number of para-hydroxylation sites is 1. The highest BCUT2D eigenvalue weighted by Gasteiger charge is 2.33. The predicted octanol–water partition coefficient (Wildman–Crippen LogP) is 3.26. The van der Waals surface area contributed by atoms with Crippen molar-refractivity contribution in [1.29, 1.82) is 0 Å². The van der Waals surface area contributed by atoms with Crippen molar-refractivity contribution in [1.82, 2.24) is 9.78 Å². The molecule has 1 aliphatic rings. The van der Waals surface area contributed by atoms with Crippen LogP contribution in [0.2, 0.25) is 0 Å². The summed E-state index contributed by atoms with van der Waals surface area (Å²) in [5.74, 6) is 0.153. The van der Waals surface area contributed by atoms with Crippen LogP contribution < -0.4 is 5.32 Å². The van der Waals surface area contributed by atoms with Crippen molar-refractivity contribution < 1.29 is 13.2 Å². The summed E-state index contributed by atoms with van der Waals surface area (Å²) in [7, 11) is -3.20. The topological polar surface area (TPSA) is 81.1 Å². The molecular weight excluding hydrogens is 374 g/mol. The van der Waals surface area contributed by atoms with Crippen LogP contribution >= 0.6 is 0 Å². The van der Waals surface area contributed by atoms with E-state index in [0.717, 1.165) is 18.5 Å². The van der Waals surface area contributed by atoms with Crippen LogP contribution in [-0.4, -0.2) is 24.1 Å². The molecule has 28 heavy (non-hydrogen) atoms. The Morgan fingerprint density at radius 1 is 1.00 bits per heavy atom. The first-order chi connectivity index (χ1) is 13.5. The molecule has 0 atom stereocenters. The average Bonchev–Trinajstić information content (AvgIpc) is 3.16. The van der Waals surface area contributed by atoms with Crippen molar-refractivity contribution in [2.24, 2.45) is 0 Å². The van der Waals surface area contributed by atoms with Crippen molar-refractivity contribution in [3.05, 3.63) is 77.5 Å². The summed E-state index contributed by atoms with van der Waals surface area (Å²) in [5.41, 5.74) is 3.09. The number of sulfone groups is 1. The molecule has 4 rings (SSSR count). The van der Waals surface area contributed by atoms with Gasteiger partial charge in [-0.2, -0.15) is 5.10 Å². The number of aryl methyl sites for hydroxylation is 1. The molecule has 0 saturated heterocycles. The van der Waals surface area contributed by atoms with Crippen LogP contribution in [0.3, 0.4) is 0 Å². The van der Waals surface area contributed by atoms with Crippen LogP contribution in [0, 0.1) is 0 Å². The third-order valence-corrected chi connectivity index (χ3v) is 6.20. The van der Waals surface area contributed by atoms with Gasteiger partial charge in [0.1, 0.15) is 5.82 Å². The molecule has 0 saturated carbocycles. The van der Waals surface area contributed by atoms with E-state index in [1.54, 1.807) is 4.68 Å². The van der Waals surface area contributed by atoms with Crippen LogP contribution in [-0.2, 0) is 32.6 Å². The zero-order valence-electron chi connectivity index (χ0n) is 15.3. The van der Waals surface area contributed by atoms with Crippen molar-refractivity contribution in [3.8, 4) is 5.69 Å². The molecule has 1 aliphatic heterocycles. The minimum atomic E-state index is -3.20. The fourth-order valence-corrected chi connectivity index (χ4v) is 4.91. The summed E-state index contributed by atoms with van der Waals surface area (Å²) < 4.78 is 25.6. The summed E-state index contributed by atoms with van der Waals surface area (Å²) in [5, 5.41) is 7.37. The zero-order chi connectivity index (χ0) is 19.6. The van der Waals surface area contributed by atoms with Crippen LogP contribution in [0.15, 0.2) is 60.7 Å². The summed E-state index contributed by atoms with van der Waals surface area (Å²) in [4.78, 5) is 12.5. The Balaban J connectivity index is 1.52. The van der Waals surface area contributed by atoms with E-state index in [1.807, 2.05) is 60.7 Å². The second-order valence-corrected chi connectivity index (χ2v) is 9.01. The van der Waals surface area contributed by atoms with Gasteiger partial charge in [0.25, 0.3) is 0 Å². The second kappa shape index (κ2) is 7.59. The van der Waals surface area contributed by atoms with Gasteiger partial charge in [-0.3, -0.25) is 4.79 Å². The van der Waals surface area contributed by atoms with E-state index in [4.69, 9.17) is 0 Å². The predicted molar refractivity (Wildman–Crippen MR) is 108 cm³/mol.